The Morgan fingerprint density at radius 2 is 2.29 bits per heavy atom. The van der Waals surface area contributed by atoms with Crippen molar-refractivity contribution in [2.45, 2.75) is 24.4 Å². The van der Waals surface area contributed by atoms with Gasteiger partial charge in [0.05, 0.1) is 11.8 Å². The molecule has 0 saturated carbocycles. The fourth-order valence-electron chi connectivity index (χ4n) is 1.68. The van der Waals surface area contributed by atoms with Gasteiger partial charge in [0.25, 0.3) is 5.91 Å². The van der Waals surface area contributed by atoms with Crippen molar-refractivity contribution in [2.24, 2.45) is 5.10 Å². The molecule has 4 atom stereocenters. The number of nitrogens with one attached hydrogen (secondary N) is 1. The third-order valence-corrected chi connectivity index (χ3v) is 2.81. The van der Waals surface area contributed by atoms with E-state index in [0.29, 0.717) is 0 Å². The molecule has 0 aromatic carbocycles. The van der Waals surface area contributed by atoms with Crippen molar-refractivity contribution >= 4 is 18.1 Å². The van der Waals surface area contributed by atoms with Gasteiger partial charge in [-0.3, -0.25) is 9.78 Å². The Morgan fingerprint density at radius 1 is 1.52 bits per heavy atom. The summed E-state index contributed by atoms with van der Waals surface area (Å²) >= 11 is 0. The van der Waals surface area contributed by atoms with Gasteiger partial charge in [0, 0.05) is 12.4 Å². The molecule has 0 bridgehead atoms. The number of carbonyl (C=O) groups is 2. The molecule has 1 aromatic heterocycles. The van der Waals surface area contributed by atoms with Gasteiger partial charge in [0.1, 0.15) is 12.2 Å². The van der Waals surface area contributed by atoms with Gasteiger partial charge in [-0.05, 0) is 12.1 Å². The fourth-order valence-corrected chi connectivity index (χ4v) is 1.68. The molecular weight excluding hydrogens is 282 g/mol. The first-order valence-electron chi connectivity index (χ1n) is 5.99. The summed E-state index contributed by atoms with van der Waals surface area (Å²) in [5.74, 6) is -1.57. The summed E-state index contributed by atoms with van der Waals surface area (Å²) in [6, 6.07) is 3.09. The second-order valence-electron chi connectivity index (χ2n) is 4.29. The molecule has 0 unspecified atom stereocenters. The smallest absolute Gasteiger partial charge is 0.338 e. The van der Waals surface area contributed by atoms with Crippen molar-refractivity contribution in [3.63, 3.8) is 0 Å². The average Bonchev–Trinajstić information content (AvgIpc) is 2.75. The molecule has 1 aromatic rings. The Kier molecular flexibility index (Phi) is 4.58. The molecule has 1 fully saturated rings. The van der Waals surface area contributed by atoms with Gasteiger partial charge < -0.3 is 20.1 Å². The third kappa shape index (κ3) is 3.40. The minimum Gasteiger partial charge on any atom is -0.454 e. The number of hydrazone groups is 1. The molecule has 0 radical (unpaired) electrons. The SMILES string of the molecule is O=C(N/N=C\[C@H](O)[C@@H]1OC(=O)[C@@H](O)[C@@H]1O)c1cccnc1. The molecule has 21 heavy (non-hydrogen) atoms. The van der Waals surface area contributed by atoms with Crippen LogP contribution >= 0.6 is 0 Å². The van der Waals surface area contributed by atoms with Crippen LogP contribution in [0.1, 0.15) is 10.4 Å². The molecule has 4 N–H and O–H groups in total. The topological polar surface area (TPSA) is 141 Å². The average molecular weight is 295 g/mol. The minimum absolute atomic E-state index is 0.270. The van der Waals surface area contributed by atoms with Crippen LogP contribution in [0.5, 0.6) is 0 Å². The number of ether oxygens (including phenoxy) is 1. The monoisotopic (exact) mass is 295 g/mol. The van der Waals surface area contributed by atoms with Crippen molar-refractivity contribution in [1.82, 2.24) is 10.4 Å². The number of nitrogens with zero attached hydrogens (tertiary/aromatic N) is 2. The number of carbonyl (C=O) groups excluding carboxylic acids is 2. The molecule has 1 amide bonds. The van der Waals surface area contributed by atoms with E-state index >= 15 is 0 Å². The maximum atomic E-state index is 11.6. The van der Waals surface area contributed by atoms with Gasteiger partial charge in [0.15, 0.2) is 12.2 Å². The molecule has 2 rings (SSSR count). The Morgan fingerprint density at radius 3 is 2.86 bits per heavy atom. The maximum Gasteiger partial charge on any atom is 0.338 e. The lowest BCUT2D eigenvalue weighted by atomic mass is 10.1. The normalized spacial score (nSPS) is 26.6. The number of rotatable bonds is 4. The Labute approximate surface area is 118 Å². The summed E-state index contributed by atoms with van der Waals surface area (Å²) < 4.78 is 4.59. The van der Waals surface area contributed by atoms with Crippen LogP contribution in [0.15, 0.2) is 29.6 Å². The van der Waals surface area contributed by atoms with E-state index in [1.54, 1.807) is 6.07 Å². The Bertz CT molecular complexity index is 549. The number of aliphatic hydroxyl groups excluding tert-OH is 3. The van der Waals surface area contributed by atoms with E-state index in [4.69, 9.17) is 0 Å². The standard InChI is InChI=1S/C12H13N3O6/c16-7(10-8(17)9(18)12(20)21-10)5-14-15-11(19)6-2-1-3-13-4-6/h1-5,7-10,16-18H,(H,15,19)/b14-5-/t7-,8-,9-,10-/m0/s1. The number of hydrogen-bond donors (Lipinski definition) is 4. The zero-order chi connectivity index (χ0) is 15.4. The van der Waals surface area contributed by atoms with Crippen LogP contribution in [-0.2, 0) is 9.53 Å². The van der Waals surface area contributed by atoms with Gasteiger partial charge >= 0.3 is 5.97 Å². The molecule has 1 aliphatic heterocycles. The lowest BCUT2D eigenvalue weighted by Gasteiger charge is -2.16. The van der Waals surface area contributed by atoms with Gasteiger partial charge in [-0.1, -0.05) is 0 Å². The van der Waals surface area contributed by atoms with E-state index in [0.717, 1.165) is 6.21 Å². The highest BCUT2D eigenvalue weighted by molar-refractivity contribution is 5.94. The predicted octanol–water partition coefficient (Wildman–Crippen LogP) is -2.19. The van der Waals surface area contributed by atoms with Gasteiger partial charge in [-0.2, -0.15) is 5.10 Å². The van der Waals surface area contributed by atoms with Crippen molar-refractivity contribution < 1.29 is 29.6 Å². The Hall–Kier alpha value is -2.36. The van der Waals surface area contributed by atoms with Crippen LogP contribution in [0.4, 0.5) is 0 Å². The van der Waals surface area contributed by atoms with E-state index < -0.39 is 36.3 Å². The number of aliphatic hydroxyl groups is 3. The van der Waals surface area contributed by atoms with Crippen molar-refractivity contribution in [2.75, 3.05) is 0 Å². The van der Waals surface area contributed by atoms with Crippen LogP contribution in [-0.4, -0.2) is 62.8 Å². The maximum absolute atomic E-state index is 11.6. The number of hydrogen-bond acceptors (Lipinski definition) is 8. The molecule has 1 aliphatic rings. The first-order valence-corrected chi connectivity index (χ1v) is 5.99. The van der Waals surface area contributed by atoms with E-state index in [2.05, 4.69) is 20.2 Å². The number of pyridine rings is 1. The minimum atomic E-state index is -1.71. The third-order valence-electron chi connectivity index (χ3n) is 2.81. The van der Waals surface area contributed by atoms with Gasteiger partial charge in [0.2, 0.25) is 0 Å². The lowest BCUT2D eigenvalue weighted by molar-refractivity contribution is -0.149. The number of amides is 1. The van der Waals surface area contributed by atoms with Crippen LogP contribution in [0.25, 0.3) is 0 Å². The predicted molar refractivity (Wildman–Crippen MR) is 68.1 cm³/mol. The van der Waals surface area contributed by atoms with Crippen LogP contribution < -0.4 is 5.43 Å². The molecule has 9 nitrogen and oxygen atoms in total. The fraction of sp³-hybridized carbons (Fsp3) is 0.333. The van der Waals surface area contributed by atoms with E-state index in [1.165, 1.54) is 18.5 Å². The molecule has 9 heteroatoms. The van der Waals surface area contributed by atoms with Crippen LogP contribution in [0, 0.1) is 0 Å². The highest BCUT2D eigenvalue weighted by Gasteiger charge is 2.45. The molecule has 2 heterocycles. The summed E-state index contributed by atoms with van der Waals surface area (Å²) in [5, 5.41) is 31.8. The van der Waals surface area contributed by atoms with Crippen molar-refractivity contribution in [3.8, 4) is 0 Å². The molecule has 0 spiro atoms. The summed E-state index contributed by atoms with van der Waals surface area (Å²) in [6.45, 7) is 0. The summed E-state index contributed by atoms with van der Waals surface area (Å²) in [7, 11) is 0. The summed E-state index contributed by atoms with van der Waals surface area (Å²) in [6.07, 6.45) is -2.36. The quantitative estimate of drug-likeness (QED) is 0.281. The highest BCUT2D eigenvalue weighted by atomic mass is 16.6. The zero-order valence-electron chi connectivity index (χ0n) is 10.7. The molecule has 112 valence electrons. The second kappa shape index (κ2) is 6.39. The van der Waals surface area contributed by atoms with Crippen LogP contribution in [0.3, 0.4) is 0 Å². The lowest BCUT2D eigenvalue weighted by Crippen LogP contribution is -2.39. The van der Waals surface area contributed by atoms with Crippen LogP contribution in [0.2, 0.25) is 0 Å². The Balaban J connectivity index is 1.90. The van der Waals surface area contributed by atoms with Gasteiger partial charge in [-0.15, -0.1) is 0 Å². The number of cyclic esters (lactones) is 1. The van der Waals surface area contributed by atoms with Crippen molar-refractivity contribution in [1.29, 1.82) is 0 Å². The first-order chi connectivity index (χ1) is 10.0. The van der Waals surface area contributed by atoms with E-state index in [1.807, 2.05) is 0 Å². The molecule has 1 saturated heterocycles. The first kappa shape index (κ1) is 15.0. The van der Waals surface area contributed by atoms with Crippen molar-refractivity contribution in [3.05, 3.63) is 30.1 Å². The van der Waals surface area contributed by atoms with E-state index in [9.17, 15) is 24.9 Å². The molecular formula is C12H13N3O6. The number of esters is 1. The zero-order valence-corrected chi connectivity index (χ0v) is 10.7. The number of aromatic nitrogens is 1. The van der Waals surface area contributed by atoms with Gasteiger partial charge in [-0.25, -0.2) is 10.2 Å². The summed E-state index contributed by atoms with van der Waals surface area (Å²) in [5.41, 5.74) is 2.41. The highest BCUT2D eigenvalue weighted by Crippen LogP contribution is 2.18. The second-order valence-corrected chi connectivity index (χ2v) is 4.29. The van der Waals surface area contributed by atoms with E-state index in [-0.39, 0.29) is 5.56 Å². The summed E-state index contributed by atoms with van der Waals surface area (Å²) in [4.78, 5) is 26.4. The largest absolute Gasteiger partial charge is 0.454 e. The molecule has 0 aliphatic carbocycles.